The van der Waals surface area contributed by atoms with E-state index in [4.69, 9.17) is 0 Å². The zero-order chi connectivity index (χ0) is 19.7. The molecule has 140 valence electrons. The van der Waals surface area contributed by atoms with Gasteiger partial charge in [-0.3, -0.25) is 18.7 Å². The molecule has 7 nitrogen and oxygen atoms in total. The van der Waals surface area contributed by atoms with Gasteiger partial charge in [-0.25, -0.2) is 9.78 Å². The van der Waals surface area contributed by atoms with Crippen LogP contribution in [0.2, 0.25) is 0 Å². The fourth-order valence-electron chi connectivity index (χ4n) is 2.99. The molecule has 0 spiro atoms. The van der Waals surface area contributed by atoms with E-state index in [9.17, 15) is 14.4 Å². The number of fused-ring (bicyclic) bond motifs is 1. The fourth-order valence-corrected chi connectivity index (χ4v) is 2.99. The number of hydrogen-bond donors (Lipinski definition) is 0. The smallest absolute Gasteiger partial charge is 0.332 e. The van der Waals surface area contributed by atoms with Crippen molar-refractivity contribution in [3.8, 4) is 0 Å². The molecule has 3 rings (SSSR count). The summed E-state index contributed by atoms with van der Waals surface area (Å²) in [5.41, 5.74) is 1.75. The number of pyridine rings is 1. The van der Waals surface area contributed by atoms with Gasteiger partial charge in [0.25, 0.3) is 11.5 Å². The Bertz CT molecular complexity index is 1130. The maximum absolute atomic E-state index is 12.8. The Morgan fingerprint density at radius 1 is 1.00 bits per heavy atom. The van der Waals surface area contributed by atoms with Gasteiger partial charge in [-0.15, -0.1) is 0 Å². The van der Waals surface area contributed by atoms with Gasteiger partial charge < -0.3 is 4.90 Å². The molecule has 0 bridgehead atoms. The molecular formula is C20H22N4O3. The molecule has 7 heteroatoms. The molecule has 0 saturated heterocycles. The van der Waals surface area contributed by atoms with E-state index in [1.54, 1.807) is 18.0 Å². The molecule has 0 aliphatic rings. The summed E-state index contributed by atoms with van der Waals surface area (Å²) >= 11 is 0. The maximum Gasteiger partial charge on any atom is 0.332 e. The molecule has 0 atom stereocenters. The third-order valence-corrected chi connectivity index (χ3v) is 4.72. The largest absolute Gasteiger partial charge is 0.336 e. The average molecular weight is 366 g/mol. The van der Waals surface area contributed by atoms with Crippen LogP contribution in [0.3, 0.4) is 0 Å². The Hall–Kier alpha value is -3.22. The number of hydrogen-bond acceptors (Lipinski definition) is 4. The summed E-state index contributed by atoms with van der Waals surface area (Å²) in [6.45, 7) is 2.54. The third kappa shape index (κ3) is 3.40. The highest BCUT2D eigenvalue weighted by Gasteiger charge is 2.17. The molecule has 0 N–H and O–H groups in total. The zero-order valence-corrected chi connectivity index (χ0v) is 15.9. The predicted octanol–water partition coefficient (Wildman–Crippen LogP) is 1.47. The Labute approximate surface area is 156 Å². The Morgan fingerprint density at radius 2 is 1.63 bits per heavy atom. The van der Waals surface area contributed by atoms with E-state index in [1.807, 2.05) is 24.3 Å². The van der Waals surface area contributed by atoms with Gasteiger partial charge in [0.1, 0.15) is 11.3 Å². The fraction of sp³-hybridized carbons (Fsp3) is 0.300. The highest BCUT2D eigenvalue weighted by atomic mass is 16.2. The molecular weight excluding hydrogens is 344 g/mol. The lowest BCUT2D eigenvalue weighted by Gasteiger charge is -2.17. The first-order valence-corrected chi connectivity index (χ1v) is 8.73. The standard InChI is InChI=1S/C20H22N4O3/c1-5-13-6-8-14(9-7-13)12-22(2)19(26)16-11-10-15-17(21-16)23(3)20(27)24(4)18(15)25/h6-11H,5,12H2,1-4H3. The van der Waals surface area contributed by atoms with E-state index in [1.165, 1.54) is 30.3 Å². The van der Waals surface area contributed by atoms with Gasteiger partial charge in [0.05, 0.1) is 5.39 Å². The lowest BCUT2D eigenvalue weighted by Crippen LogP contribution is -2.37. The van der Waals surface area contributed by atoms with Crippen LogP contribution in [0.25, 0.3) is 11.0 Å². The van der Waals surface area contributed by atoms with Gasteiger partial charge in [0.2, 0.25) is 0 Å². The van der Waals surface area contributed by atoms with E-state index >= 15 is 0 Å². The molecule has 2 heterocycles. The normalized spacial score (nSPS) is 11.0. The van der Waals surface area contributed by atoms with Gasteiger partial charge in [-0.1, -0.05) is 31.2 Å². The van der Waals surface area contributed by atoms with Gasteiger partial charge in [0, 0.05) is 27.7 Å². The zero-order valence-electron chi connectivity index (χ0n) is 15.9. The predicted molar refractivity (Wildman–Crippen MR) is 104 cm³/mol. The molecule has 1 amide bonds. The van der Waals surface area contributed by atoms with Crippen molar-refractivity contribution in [2.75, 3.05) is 7.05 Å². The number of aromatic nitrogens is 3. The topological polar surface area (TPSA) is 77.2 Å². The van der Waals surface area contributed by atoms with Gasteiger partial charge in [-0.2, -0.15) is 0 Å². The molecule has 0 radical (unpaired) electrons. The Kier molecular flexibility index (Phi) is 4.94. The molecule has 3 aromatic rings. The Morgan fingerprint density at radius 3 is 2.26 bits per heavy atom. The molecule has 0 unspecified atom stereocenters. The van der Waals surface area contributed by atoms with Crippen molar-refractivity contribution in [2.45, 2.75) is 19.9 Å². The van der Waals surface area contributed by atoms with Crippen molar-refractivity contribution in [3.63, 3.8) is 0 Å². The van der Waals surface area contributed by atoms with Crippen molar-refractivity contribution >= 4 is 16.9 Å². The summed E-state index contributed by atoms with van der Waals surface area (Å²) in [6, 6.07) is 11.2. The first-order chi connectivity index (χ1) is 12.8. The quantitative estimate of drug-likeness (QED) is 0.701. The van der Waals surface area contributed by atoms with Crippen LogP contribution in [0.15, 0.2) is 46.0 Å². The van der Waals surface area contributed by atoms with Crippen LogP contribution in [0.4, 0.5) is 0 Å². The second-order valence-corrected chi connectivity index (χ2v) is 6.60. The van der Waals surface area contributed by atoms with Crippen LogP contribution in [0.1, 0.15) is 28.5 Å². The molecule has 0 fully saturated rings. The third-order valence-electron chi connectivity index (χ3n) is 4.72. The summed E-state index contributed by atoms with van der Waals surface area (Å²) in [6.07, 6.45) is 0.967. The van der Waals surface area contributed by atoms with E-state index in [0.29, 0.717) is 11.9 Å². The Balaban J connectivity index is 1.93. The van der Waals surface area contributed by atoms with Crippen LogP contribution in [-0.2, 0) is 27.1 Å². The number of rotatable bonds is 4. The first kappa shape index (κ1) is 18.6. The van der Waals surface area contributed by atoms with Gasteiger partial charge >= 0.3 is 5.69 Å². The first-order valence-electron chi connectivity index (χ1n) is 8.73. The van der Waals surface area contributed by atoms with Crippen molar-refractivity contribution in [1.82, 2.24) is 19.0 Å². The van der Waals surface area contributed by atoms with Crippen LogP contribution in [0.5, 0.6) is 0 Å². The maximum atomic E-state index is 12.8. The SMILES string of the molecule is CCc1ccc(CN(C)C(=O)c2ccc3c(=O)n(C)c(=O)n(C)c3n2)cc1. The van der Waals surface area contributed by atoms with Gasteiger partial charge in [0.15, 0.2) is 0 Å². The van der Waals surface area contributed by atoms with E-state index in [0.717, 1.165) is 16.6 Å². The summed E-state index contributed by atoms with van der Waals surface area (Å²) in [5, 5.41) is 0.300. The summed E-state index contributed by atoms with van der Waals surface area (Å²) in [7, 11) is 4.65. The van der Waals surface area contributed by atoms with Crippen molar-refractivity contribution < 1.29 is 4.79 Å². The number of benzene rings is 1. The lowest BCUT2D eigenvalue weighted by atomic mass is 10.1. The summed E-state index contributed by atoms with van der Waals surface area (Å²) in [4.78, 5) is 42.9. The summed E-state index contributed by atoms with van der Waals surface area (Å²) in [5.74, 6) is -0.274. The second kappa shape index (κ2) is 7.19. The number of carbonyl (C=O) groups excluding carboxylic acids is 1. The summed E-state index contributed by atoms with van der Waals surface area (Å²) < 4.78 is 2.30. The van der Waals surface area contributed by atoms with Crippen molar-refractivity contribution in [1.29, 1.82) is 0 Å². The minimum Gasteiger partial charge on any atom is -0.336 e. The number of aryl methyl sites for hydroxylation is 2. The molecule has 1 aromatic carbocycles. The highest BCUT2D eigenvalue weighted by Crippen LogP contribution is 2.11. The lowest BCUT2D eigenvalue weighted by molar-refractivity contribution is 0.0779. The average Bonchev–Trinajstić information content (AvgIpc) is 2.70. The van der Waals surface area contributed by atoms with E-state index < -0.39 is 11.2 Å². The minimum atomic E-state index is -0.478. The van der Waals surface area contributed by atoms with Crippen LogP contribution < -0.4 is 11.2 Å². The van der Waals surface area contributed by atoms with Crippen molar-refractivity contribution in [2.24, 2.45) is 14.1 Å². The number of carbonyl (C=O) groups is 1. The van der Waals surface area contributed by atoms with E-state index in [-0.39, 0.29) is 17.2 Å². The molecule has 0 aliphatic heterocycles. The minimum absolute atomic E-state index is 0.193. The van der Waals surface area contributed by atoms with Crippen LogP contribution in [0, 0.1) is 0 Å². The molecule has 2 aromatic heterocycles. The van der Waals surface area contributed by atoms with E-state index in [2.05, 4.69) is 11.9 Å². The molecule has 0 saturated carbocycles. The highest BCUT2D eigenvalue weighted by molar-refractivity contribution is 5.94. The molecule has 27 heavy (non-hydrogen) atoms. The van der Waals surface area contributed by atoms with Crippen LogP contribution >= 0.6 is 0 Å². The monoisotopic (exact) mass is 366 g/mol. The number of amides is 1. The van der Waals surface area contributed by atoms with Crippen LogP contribution in [-0.4, -0.2) is 32.0 Å². The van der Waals surface area contributed by atoms with Crippen molar-refractivity contribution in [3.05, 3.63) is 74.1 Å². The number of nitrogens with zero attached hydrogens (tertiary/aromatic N) is 4. The van der Waals surface area contributed by atoms with Gasteiger partial charge in [-0.05, 0) is 29.7 Å². The second-order valence-electron chi connectivity index (χ2n) is 6.60. The molecule has 0 aliphatic carbocycles.